The van der Waals surface area contributed by atoms with Crippen LogP contribution in [-0.4, -0.2) is 30.6 Å². The first-order valence-corrected chi connectivity index (χ1v) is 5.53. The molecule has 0 heterocycles. The number of ether oxygens (including phenoxy) is 1. The van der Waals surface area contributed by atoms with Crippen molar-refractivity contribution in [1.29, 1.82) is 0 Å². The van der Waals surface area contributed by atoms with Gasteiger partial charge in [-0.25, -0.2) is 4.79 Å². The van der Waals surface area contributed by atoms with Crippen LogP contribution < -0.4 is 0 Å². The van der Waals surface area contributed by atoms with E-state index in [1.807, 2.05) is 0 Å². The molecule has 0 aliphatic heterocycles. The van der Waals surface area contributed by atoms with E-state index in [2.05, 4.69) is 0 Å². The van der Waals surface area contributed by atoms with Gasteiger partial charge in [0.25, 0.3) is 0 Å². The predicted molar refractivity (Wildman–Crippen MR) is 66.7 cm³/mol. The minimum Gasteiger partial charge on any atom is -0.460 e. The number of fused-ring (bicyclic) bond motifs is 1. The fourth-order valence-corrected chi connectivity index (χ4v) is 1.83. The molecule has 0 saturated carbocycles. The van der Waals surface area contributed by atoms with E-state index in [-0.39, 0.29) is 13.2 Å². The van der Waals surface area contributed by atoms with Crippen LogP contribution in [0.4, 0.5) is 0 Å². The number of aldehydes is 1. The van der Waals surface area contributed by atoms with Crippen LogP contribution in [0.2, 0.25) is 0 Å². The van der Waals surface area contributed by atoms with Crippen LogP contribution in [0.15, 0.2) is 36.4 Å². The summed E-state index contributed by atoms with van der Waals surface area (Å²) in [5.74, 6) is -0.502. The molecule has 4 nitrogen and oxygen atoms in total. The van der Waals surface area contributed by atoms with Gasteiger partial charge in [-0.1, -0.05) is 30.3 Å². The molecule has 0 spiro atoms. The summed E-state index contributed by atoms with van der Waals surface area (Å²) in [5, 5.41) is 10.0. The van der Waals surface area contributed by atoms with E-state index in [4.69, 9.17) is 9.84 Å². The molecule has 4 heteroatoms. The van der Waals surface area contributed by atoms with E-state index >= 15 is 0 Å². The maximum Gasteiger partial charge on any atom is 0.338 e. The number of carbonyl (C=O) groups is 2. The fourth-order valence-electron chi connectivity index (χ4n) is 1.83. The lowest BCUT2D eigenvalue weighted by molar-refractivity contribution is 0.0436. The minimum atomic E-state index is -0.502. The molecule has 0 atom stereocenters. The van der Waals surface area contributed by atoms with Crippen molar-refractivity contribution in [3.63, 3.8) is 0 Å². The SMILES string of the molecule is O=Cc1cccc2c(C(=O)OCCO)cccc12. The van der Waals surface area contributed by atoms with E-state index in [0.29, 0.717) is 21.9 Å². The van der Waals surface area contributed by atoms with Crippen LogP contribution in [0, 0.1) is 0 Å². The summed E-state index contributed by atoms with van der Waals surface area (Å²) >= 11 is 0. The zero-order chi connectivity index (χ0) is 13.0. The van der Waals surface area contributed by atoms with Gasteiger partial charge in [0.05, 0.1) is 12.2 Å². The number of aliphatic hydroxyl groups excluding tert-OH is 1. The lowest BCUT2D eigenvalue weighted by Crippen LogP contribution is -2.09. The number of hydrogen-bond acceptors (Lipinski definition) is 4. The van der Waals surface area contributed by atoms with Gasteiger partial charge in [-0.05, 0) is 16.8 Å². The summed E-state index contributed by atoms with van der Waals surface area (Å²) in [6, 6.07) is 10.3. The molecular weight excluding hydrogens is 232 g/mol. The van der Waals surface area contributed by atoms with Crippen molar-refractivity contribution in [2.45, 2.75) is 0 Å². The second-order valence-electron chi connectivity index (χ2n) is 3.73. The van der Waals surface area contributed by atoms with Gasteiger partial charge >= 0.3 is 5.97 Å². The zero-order valence-electron chi connectivity index (χ0n) is 9.63. The predicted octanol–water partition coefficient (Wildman–Crippen LogP) is 1.80. The number of benzene rings is 2. The van der Waals surface area contributed by atoms with E-state index in [9.17, 15) is 9.59 Å². The summed E-state index contributed by atoms with van der Waals surface area (Å²) in [4.78, 5) is 22.7. The van der Waals surface area contributed by atoms with Gasteiger partial charge in [0.1, 0.15) is 6.61 Å². The van der Waals surface area contributed by atoms with Crippen molar-refractivity contribution >= 4 is 23.0 Å². The van der Waals surface area contributed by atoms with Crippen molar-refractivity contribution < 1.29 is 19.4 Å². The van der Waals surface area contributed by atoms with Crippen LogP contribution in [0.1, 0.15) is 20.7 Å². The first kappa shape index (κ1) is 12.3. The van der Waals surface area contributed by atoms with Crippen molar-refractivity contribution in [3.8, 4) is 0 Å². The quantitative estimate of drug-likeness (QED) is 0.658. The third kappa shape index (κ3) is 2.24. The maximum atomic E-state index is 11.8. The highest BCUT2D eigenvalue weighted by atomic mass is 16.5. The Morgan fingerprint density at radius 2 is 1.89 bits per heavy atom. The van der Waals surface area contributed by atoms with E-state index in [1.165, 1.54) is 0 Å². The van der Waals surface area contributed by atoms with Crippen LogP contribution in [0.5, 0.6) is 0 Å². The van der Waals surface area contributed by atoms with Gasteiger partial charge in [0.2, 0.25) is 0 Å². The summed E-state index contributed by atoms with van der Waals surface area (Å²) in [6.45, 7) is -0.251. The molecule has 0 bridgehead atoms. The topological polar surface area (TPSA) is 63.6 Å². The Kier molecular flexibility index (Phi) is 3.69. The zero-order valence-corrected chi connectivity index (χ0v) is 9.63. The van der Waals surface area contributed by atoms with Gasteiger partial charge in [-0.15, -0.1) is 0 Å². The summed E-state index contributed by atoms with van der Waals surface area (Å²) in [7, 11) is 0. The number of hydrogen-bond donors (Lipinski definition) is 1. The van der Waals surface area contributed by atoms with Crippen molar-refractivity contribution in [3.05, 3.63) is 47.5 Å². The number of esters is 1. The monoisotopic (exact) mass is 244 g/mol. The molecule has 0 fully saturated rings. The lowest BCUT2D eigenvalue weighted by Gasteiger charge is -2.07. The molecule has 0 aliphatic rings. The summed E-state index contributed by atoms with van der Waals surface area (Å²) in [5.41, 5.74) is 0.925. The standard InChI is InChI=1S/C14H12O4/c15-7-8-18-14(17)13-6-2-4-11-10(9-16)3-1-5-12(11)13/h1-6,9,15H,7-8H2. The number of carbonyl (C=O) groups excluding carboxylic acids is 2. The lowest BCUT2D eigenvalue weighted by atomic mass is 10.0. The van der Waals surface area contributed by atoms with Gasteiger partial charge in [-0.2, -0.15) is 0 Å². The summed E-state index contributed by atoms with van der Waals surface area (Å²) < 4.78 is 4.88. The van der Waals surface area contributed by atoms with Gasteiger partial charge in [-0.3, -0.25) is 4.79 Å². The molecule has 1 N–H and O–H groups in total. The first-order chi connectivity index (χ1) is 8.77. The Morgan fingerprint density at radius 1 is 1.17 bits per heavy atom. The smallest absolute Gasteiger partial charge is 0.338 e. The van der Waals surface area contributed by atoms with Crippen LogP contribution in [0.3, 0.4) is 0 Å². The Morgan fingerprint density at radius 3 is 2.61 bits per heavy atom. The average molecular weight is 244 g/mol. The maximum absolute atomic E-state index is 11.8. The molecule has 0 amide bonds. The molecule has 0 aromatic heterocycles. The van der Waals surface area contributed by atoms with E-state index < -0.39 is 5.97 Å². The molecule has 2 aromatic carbocycles. The first-order valence-electron chi connectivity index (χ1n) is 5.53. The van der Waals surface area contributed by atoms with Crippen LogP contribution >= 0.6 is 0 Å². The summed E-state index contributed by atoms with van der Waals surface area (Å²) in [6.07, 6.45) is 0.755. The Labute approximate surface area is 104 Å². The molecule has 0 unspecified atom stereocenters. The highest BCUT2D eigenvalue weighted by Gasteiger charge is 2.12. The Hall–Kier alpha value is -2.20. The van der Waals surface area contributed by atoms with E-state index in [1.54, 1.807) is 36.4 Å². The van der Waals surface area contributed by atoms with Crippen molar-refractivity contribution in [2.24, 2.45) is 0 Å². The number of rotatable bonds is 4. The molecular formula is C14H12O4. The van der Waals surface area contributed by atoms with Crippen molar-refractivity contribution in [2.75, 3.05) is 13.2 Å². The average Bonchev–Trinajstić information content (AvgIpc) is 2.43. The Bertz CT molecular complexity index is 589. The van der Waals surface area contributed by atoms with Crippen molar-refractivity contribution in [1.82, 2.24) is 0 Å². The highest BCUT2D eigenvalue weighted by molar-refractivity contribution is 6.08. The molecule has 0 aliphatic carbocycles. The third-order valence-electron chi connectivity index (χ3n) is 2.63. The number of aliphatic hydroxyl groups is 1. The van der Waals surface area contributed by atoms with Crippen LogP contribution in [0.25, 0.3) is 10.8 Å². The molecule has 18 heavy (non-hydrogen) atoms. The Balaban J connectivity index is 2.52. The highest BCUT2D eigenvalue weighted by Crippen LogP contribution is 2.22. The molecule has 0 saturated heterocycles. The van der Waals surface area contributed by atoms with E-state index in [0.717, 1.165) is 6.29 Å². The second-order valence-corrected chi connectivity index (χ2v) is 3.73. The van der Waals surface area contributed by atoms with Gasteiger partial charge < -0.3 is 9.84 Å². The largest absolute Gasteiger partial charge is 0.460 e. The van der Waals surface area contributed by atoms with Gasteiger partial charge in [0, 0.05) is 5.56 Å². The molecule has 2 rings (SSSR count). The second kappa shape index (κ2) is 5.42. The molecule has 92 valence electrons. The van der Waals surface area contributed by atoms with Crippen LogP contribution in [-0.2, 0) is 4.74 Å². The minimum absolute atomic E-state index is 0.0391. The van der Waals surface area contributed by atoms with Gasteiger partial charge in [0.15, 0.2) is 6.29 Å². The molecule has 0 radical (unpaired) electrons. The fraction of sp³-hybridized carbons (Fsp3) is 0.143. The molecule has 2 aromatic rings. The third-order valence-corrected chi connectivity index (χ3v) is 2.63. The normalized spacial score (nSPS) is 10.3.